The number of rotatable bonds is 2. The maximum Gasteiger partial charge on any atom is 0.251 e. The molecule has 1 aromatic carbocycles. The highest BCUT2D eigenvalue weighted by molar-refractivity contribution is 6.02. The Morgan fingerprint density at radius 3 is 2.68 bits per heavy atom. The van der Waals surface area contributed by atoms with Crippen LogP contribution in [0.2, 0.25) is 0 Å². The Hall–Kier alpha value is -2.41. The summed E-state index contributed by atoms with van der Waals surface area (Å²) in [5.74, 6) is 4.97. The van der Waals surface area contributed by atoms with Crippen LogP contribution in [0.4, 0.5) is 5.69 Å². The Bertz CT molecular complexity index is 500. The van der Waals surface area contributed by atoms with Crippen LogP contribution in [0.15, 0.2) is 35.3 Å². The molecule has 5 N–H and O–H groups in total. The molecule has 0 aromatic heterocycles. The van der Waals surface area contributed by atoms with Crippen molar-refractivity contribution >= 4 is 23.5 Å². The van der Waals surface area contributed by atoms with Crippen LogP contribution < -0.4 is 21.9 Å². The van der Waals surface area contributed by atoms with Gasteiger partial charge >= 0.3 is 0 Å². The summed E-state index contributed by atoms with van der Waals surface area (Å²) in [6, 6.07) is 8.69. The first kappa shape index (κ1) is 13.0. The summed E-state index contributed by atoms with van der Waals surface area (Å²) in [7, 11) is 0. The molecule has 0 aliphatic carbocycles. The van der Waals surface area contributed by atoms with Crippen molar-refractivity contribution in [3.63, 3.8) is 0 Å². The van der Waals surface area contributed by atoms with Crippen molar-refractivity contribution in [3.8, 4) is 0 Å². The van der Waals surface area contributed by atoms with Gasteiger partial charge in [0.25, 0.3) is 5.91 Å². The number of nitrogens with one attached hydrogen (secondary N) is 3. The van der Waals surface area contributed by atoms with Crippen LogP contribution in [0.5, 0.6) is 0 Å². The number of amides is 2. The SMILES string of the molecule is NNC(=NC1CCC(=O)NC1=O)Nc1ccccc1. The van der Waals surface area contributed by atoms with Gasteiger partial charge in [-0.2, -0.15) is 0 Å². The lowest BCUT2D eigenvalue weighted by atomic mass is 10.1. The van der Waals surface area contributed by atoms with Crippen molar-refractivity contribution in [2.45, 2.75) is 18.9 Å². The molecule has 19 heavy (non-hydrogen) atoms. The van der Waals surface area contributed by atoms with Gasteiger partial charge in [-0.05, 0) is 18.6 Å². The van der Waals surface area contributed by atoms with Gasteiger partial charge in [-0.1, -0.05) is 18.2 Å². The van der Waals surface area contributed by atoms with Crippen LogP contribution in [0.25, 0.3) is 0 Å². The molecule has 1 aliphatic heterocycles. The van der Waals surface area contributed by atoms with Crippen molar-refractivity contribution in [2.24, 2.45) is 10.8 Å². The molecule has 2 rings (SSSR count). The topological polar surface area (TPSA) is 109 Å². The molecular weight excluding hydrogens is 246 g/mol. The van der Waals surface area contributed by atoms with Gasteiger partial charge in [0, 0.05) is 12.1 Å². The average molecular weight is 261 g/mol. The lowest BCUT2D eigenvalue weighted by Crippen LogP contribution is -2.45. The standard InChI is InChI=1S/C12H15N5O2/c13-17-12(14-8-4-2-1-3-5-8)15-9-6-7-10(18)16-11(9)19/h1-5,9H,6-7,13H2,(H2,14,15,17)(H,16,18,19). The minimum absolute atomic E-state index is 0.269. The number of carbonyl (C=O) groups is 2. The fourth-order valence-electron chi connectivity index (χ4n) is 1.72. The first-order valence-electron chi connectivity index (χ1n) is 5.89. The number of hydrogen-bond acceptors (Lipinski definition) is 4. The Kier molecular flexibility index (Phi) is 4.09. The summed E-state index contributed by atoms with van der Waals surface area (Å²) in [6.45, 7) is 0. The fraction of sp³-hybridized carbons (Fsp3) is 0.250. The average Bonchev–Trinajstić information content (AvgIpc) is 2.42. The molecule has 1 unspecified atom stereocenters. The number of aliphatic imine (C=N–C) groups is 1. The van der Waals surface area contributed by atoms with Crippen LogP contribution in [-0.2, 0) is 9.59 Å². The number of piperidine rings is 1. The van der Waals surface area contributed by atoms with E-state index >= 15 is 0 Å². The second-order valence-corrected chi connectivity index (χ2v) is 4.08. The van der Waals surface area contributed by atoms with Crippen molar-refractivity contribution in [1.82, 2.24) is 10.7 Å². The molecule has 0 spiro atoms. The zero-order valence-corrected chi connectivity index (χ0v) is 10.2. The van der Waals surface area contributed by atoms with Crippen molar-refractivity contribution in [3.05, 3.63) is 30.3 Å². The minimum atomic E-state index is -0.611. The smallest absolute Gasteiger partial charge is 0.251 e. The maximum absolute atomic E-state index is 11.6. The van der Waals surface area contributed by atoms with E-state index in [9.17, 15) is 9.59 Å². The number of carbonyl (C=O) groups excluding carboxylic acids is 2. The fourth-order valence-corrected chi connectivity index (χ4v) is 1.72. The molecule has 1 saturated heterocycles. The quantitative estimate of drug-likeness (QED) is 0.192. The number of nitrogens with zero attached hydrogens (tertiary/aromatic N) is 1. The van der Waals surface area contributed by atoms with Gasteiger partial charge < -0.3 is 5.32 Å². The van der Waals surface area contributed by atoms with E-state index in [0.717, 1.165) is 5.69 Å². The summed E-state index contributed by atoms with van der Waals surface area (Å²) < 4.78 is 0. The second-order valence-electron chi connectivity index (χ2n) is 4.08. The van der Waals surface area contributed by atoms with Crippen molar-refractivity contribution in [2.75, 3.05) is 5.32 Å². The van der Waals surface area contributed by atoms with E-state index in [1.807, 2.05) is 30.3 Å². The molecule has 7 heteroatoms. The molecule has 0 radical (unpaired) electrons. The normalized spacial score (nSPS) is 19.8. The zero-order chi connectivity index (χ0) is 13.7. The number of nitrogens with two attached hydrogens (primary N) is 1. The predicted octanol–water partition coefficient (Wildman–Crippen LogP) is -0.277. The van der Waals surface area contributed by atoms with Crippen molar-refractivity contribution < 1.29 is 9.59 Å². The molecule has 1 heterocycles. The summed E-state index contributed by atoms with van der Waals surface area (Å²) in [6.07, 6.45) is 0.662. The van der Waals surface area contributed by atoms with Crippen LogP contribution in [0.3, 0.4) is 0 Å². The number of imide groups is 1. The molecular formula is C12H15N5O2. The van der Waals surface area contributed by atoms with E-state index < -0.39 is 11.9 Å². The lowest BCUT2D eigenvalue weighted by molar-refractivity contribution is -0.133. The van der Waals surface area contributed by atoms with Gasteiger partial charge in [0.1, 0.15) is 6.04 Å². The largest absolute Gasteiger partial charge is 0.325 e. The molecule has 1 aromatic rings. The molecule has 1 atom stereocenters. The van der Waals surface area contributed by atoms with Gasteiger partial charge in [0.15, 0.2) is 0 Å². The molecule has 0 bridgehead atoms. The monoisotopic (exact) mass is 261 g/mol. The second kappa shape index (κ2) is 5.96. The van der Waals surface area contributed by atoms with Crippen LogP contribution >= 0.6 is 0 Å². The lowest BCUT2D eigenvalue weighted by Gasteiger charge is -2.19. The summed E-state index contributed by atoms with van der Waals surface area (Å²) in [5, 5.41) is 5.20. The number of hydrazine groups is 1. The van der Waals surface area contributed by atoms with Crippen LogP contribution in [-0.4, -0.2) is 23.8 Å². The molecule has 7 nitrogen and oxygen atoms in total. The highest BCUT2D eigenvalue weighted by atomic mass is 16.2. The first-order valence-corrected chi connectivity index (χ1v) is 5.89. The molecule has 1 aliphatic rings. The highest BCUT2D eigenvalue weighted by Gasteiger charge is 2.26. The first-order chi connectivity index (χ1) is 9.19. The minimum Gasteiger partial charge on any atom is -0.325 e. The maximum atomic E-state index is 11.6. The van der Waals surface area contributed by atoms with E-state index in [1.54, 1.807) is 0 Å². The predicted molar refractivity (Wildman–Crippen MR) is 71.0 cm³/mol. The van der Waals surface area contributed by atoms with Gasteiger partial charge in [0.2, 0.25) is 11.9 Å². The zero-order valence-electron chi connectivity index (χ0n) is 10.2. The van der Waals surface area contributed by atoms with Gasteiger partial charge in [-0.15, -0.1) is 0 Å². The number of guanidine groups is 1. The Balaban J connectivity index is 2.06. The third-order valence-corrected chi connectivity index (χ3v) is 2.67. The van der Waals surface area contributed by atoms with Gasteiger partial charge in [-0.25, -0.2) is 10.8 Å². The van der Waals surface area contributed by atoms with Crippen molar-refractivity contribution in [1.29, 1.82) is 0 Å². The molecule has 1 fully saturated rings. The number of para-hydroxylation sites is 1. The molecule has 2 amide bonds. The Morgan fingerprint density at radius 1 is 1.32 bits per heavy atom. The Labute approximate surface area is 110 Å². The Morgan fingerprint density at radius 2 is 2.05 bits per heavy atom. The van der Waals surface area contributed by atoms with E-state index in [2.05, 4.69) is 21.1 Å². The number of benzene rings is 1. The van der Waals surface area contributed by atoms with E-state index in [-0.39, 0.29) is 18.3 Å². The third kappa shape index (κ3) is 3.52. The number of anilines is 1. The van der Waals surface area contributed by atoms with E-state index in [0.29, 0.717) is 6.42 Å². The summed E-state index contributed by atoms with van der Waals surface area (Å²) in [5.41, 5.74) is 3.20. The van der Waals surface area contributed by atoms with Crippen LogP contribution in [0.1, 0.15) is 12.8 Å². The number of hydrogen-bond donors (Lipinski definition) is 4. The molecule has 100 valence electrons. The third-order valence-electron chi connectivity index (χ3n) is 2.67. The summed E-state index contributed by atoms with van der Waals surface area (Å²) in [4.78, 5) is 26.8. The van der Waals surface area contributed by atoms with Crippen LogP contribution in [0, 0.1) is 0 Å². The van der Waals surface area contributed by atoms with E-state index in [4.69, 9.17) is 5.84 Å². The summed E-state index contributed by atoms with van der Waals surface area (Å²) >= 11 is 0. The van der Waals surface area contributed by atoms with E-state index in [1.165, 1.54) is 0 Å². The van der Waals surface area contributed by atoms with Gasteiger partial charge in [-0.3, -0.25) is 20.3 Å². The highest BCUT2D eigenvalue weighted by Crippen LogP contribution is 2.09. The van der Waals surface area contributed by atoms with Gasteiger partial charge in [0.05, 0.1) is 0 Å². The molecule has 0 saturated carbocycles.